The molecule has 34 heavy (non-hydrogen) atoms. The van der Waals surface area contributed by atoms with Gasteiger partial charge in [-0.25, -0.2) is 4.39 Å². The molecule has 1 heterocycles. The molecule has 0 aliphatic rings. The summed E-state index contributed by atoms with van der Waals surface area (Å²) in [5.41, 5.74) is 4.37. The molecule has 0 bridgehead atoms. The highest BCUT2D eigenvalue weighted by Gasteiger charge is 2.08. The zero-order valence-corrected chi connectivity index (χ0v) is 21.0. The van der Waals surface area contributed by atoms with Crippen molar-refractivity contribution >= 4 is 0 Å². The van der Waals surface area contributed by atoms with Gasteiger partial charge in [-0.05, 0) is 60.7 Å². The third kappa shape index (κ3) is 8.27. The Morgan fingerprint density at radius 3 is 2.06 bits per heavy atom. The molecular weight excluding hydrogens is 421 g/mol. The lowest BCUT2D eigenvalue weighted by molar-refractivity contribution is 0.304. The molecule has 2 aromatic carbocycles. The Morgan fingerprint density at radius 2 is 1.38 bits per heavy atom. The average molecular weight is 462 g/mol. The van der Waals surface area contributed by atoms with Crippen LogP contribution >= 0.6 is 0 Å². The fraction of sp³-hybridized carbons (Fsp3) is 0.452. The zero-order chi connectivity index (χ0) is 24.0. The Hall–Kier alpha value is -2.68. The second kappa shape index (κ2) is 14.6. The third-order valence-electron chi connectivity index (χ3n) is 6.35. The molecule has 2 nitrogen and oxygen atoms in total. The van der Waals surface area contributed by atoms with Crippen molar-refractivity contribution in [3.63, 3.8) is 0 Å². The van der Waals surface area contributed by atoms with Crippen LogP contribution in [0.4, 0.5) is 4.39 Å². The van der Waals surface area contributed by atoms with E-state index in [1.165, 1.54) is 51.4 Å². The molecule has 0 saturated carbocycles. The first kappa shape index (κ1) is 25.9. The highest BCUT2D eigenvalue weighted by molar-refractivity contribution is 5.67. The predicted octanol–water partition coefficient (Wildman–Crippen LogP) is 9.42. The highest BCUT2D eigenvalue weighted by atomic mass is 19.1. The van der Waals surface area contributed by atoms with Gasteiger partial charge in [-0.15, -0.1) is 0 Å². The van der Waals surface area contributed by atoms with Gasteiger partial charge in [0.15, 0.2) is 0 Å². The normalized spacial score (nSPS) is 11.0. The van der Waals surface area contributed by atoms with Crippen LogP contribution in [-0.2, 0) is 6.42 Å². The van der Waals surface area contributed by atoms with Crippen LogP contribution in [0.25, 0.3) is 22.4 Å². The lowest BCUT2D eigenvalue weighted by atomic mass is 10.0. The van der Waals surface area contributed by atoms with Gasteiger partial charge in [0, 0.05) is 17.3 Å². The van der Waals surface area contributed by atoms with Crippen LogP contribution in [0.5, 0.6) is 5.75 Å². The number of rotatable bonds is 15. The maximum absolute atomic E-state index is 14.7. The average Bonchev–Trinajstić information content (AvgIpc) is 2.86. The van der Waals surface area contributed by atoms with E-state index in [2.05, 4.69) is 31.0 Å². The van der Waals surface area contributed by atoms with E-state index in [1.807, 2.05) is 42.6 Å². The van der Waals surface area contributed by atoms with Crippen LogP contribution in [-0.4, -0.2) is 11.6 Å². The molecule has 3 rings (SSSR count). The second-order valence-electron chi connectivity index (χ2n) is 9.20. The van der Waals surface area contributed by atoms with E-state index >= 15 is 0 Å². The minimum Gasteiger partial charge on any atom is -0.494 e. The molecule has 0 spiro atoms. The lowest BCUT2D eigenvalue weighted by Gasteiger charge is -2.09. The van der Waals surface area contributed by atoms with Crippen molar-refractivity contribution in [3.8, 4) is 28.1 Å². The summed E-state index contributed by atoms with van der Waals surface area (Å²) in [5.74, 6) is 0.706. The largest absolute Gasteiger partial charge is 0.494 e. The smallest absolute Gasteiger partial charge is 0.132 e. The molecule has 0 radical (unpaired) electrons. The molecule has 0 N–H and O–H groups in total. The Bertz CT molecular complexity index is 966. The van der Waals surface area contributed by atoms with E-state index in [0.29, 0.717) is 11.3 Å². The first-order valence-electron chi connectivity index (χ1n) is 13.2. The molecule has 0 amide bonds. The monoisotopic (exact) mass is 461 g/mol. The Labute approximate surface area is 205 Å². The van der Waals surface area contributed by atoms with Gasteiger partial charge in [0.2, 0.25) is 0 Å². The molecule has 0 fully saturated rings. The summed E-state index contributed by atoms with van der Waals surface area (Å²) in [6.45, 7) is 5.20. The number of ether oxygens (including phenoxy) is 1. The summed E-state index contributed by atoms with van der Waals surface area (Å²) < 4.78 is 20.6. The Morgan fingerprint density at radius 1 is 0.706 bits per heavy atom. The van der Waals surface area contributed by atoms with Crippen molar-refractivity contribution in [2.45, 2.75) is 84.5 Å². The van der Waals surface area contributed by atoms with Gasteiger partial charge in [-0.3, -0.25) is 4.98 Å². The van der Waals surface area contributed by atoms with Gasteiger partial charge in [0.1, 0.15) is 11.6 Å². The van der Waals surface area contributed by atoms with Gasteiger partial charge in [-0.2, -0.15) is 0 Å². The number of hydrogen-bond acceptors (Lipinski definition) is 2. The standard InChI is InChI=1S/C31H40FNO/c1-3-5-7-8-9-10-12-22-34-28-18-15-26(16-19-28)27-17-21-31(33-24-27)29-20-14-25(23-30(29)32)13-11-6-4-2/h14-21,23-24H,3-13,22H2,1-2H3. The molecule has 0 unspecified atom stereocenters. The quantitative estimate of drug-likeness (QED) is 0.210. The molecule has 3 aromatic rings. The molecule has 0 saturated heterocycles. The van der Waals surface area contributed by atoms with Gasteiger partial charge >= 0.3 is 0 Å². The van der Waals surface area contributed by atoms with Gasteiger partial charge in [0.05, 0.1) is 12.3 Å². The molecule has 182 valence electrons. The number of hydrogen-bond donors (Lipinski definition) is 0. The second-order valence-corrected chi connectivity index (χ2v) is 9.20. The number of unbranched alkanes of at least 4 members (excludes halogenated alkanes) is 8. The number of aromatic nitrogens is 1. The number of aryl methyl sites for hydroxylation is 1. The number of nitrogens with zero attached hydrogens (tertiary/aromatic N) is 1. The Kier molecular flexibility index (Phi) is 11.1. The van der Waals surface area contributed by atoms with Crippen molar-refractivity contribution in [2.24, 2.45) is 0 Å². The van der Waals surface area contributed by atoms with E-state index in [0.717, 1.165) is 48.3 Å². The zero-order valence-electron chi connectivity index (χ0n) is 21.0. The van der Waals surface area contributed by atoms with E-state index in [4.69, 9.17) is 4.74 Å². The molecular formula is C31H40FNO. The van der Waals surface area contributed by atoms with E-state index in [1.54, 1.807) is 6.07 Å². The molecule has 0 atom stereocenters. The fourth-order valence-corrected chi connectivity index (χ4v) is 4.22. The number of pyridine rings is 1. The van der Waals surface area contributed by atoms with Crippen LogP contribution < -0.4 is 4.74 Å². The van der Waals surface area contributed by atoms with Gasteiger partial charge < -0.3 is 4.74 Å². The number of benzene rings is 2. The lowest BCUT2D eigenvalue weighted by Crippen LogP contribution is -1.97. The van der Waals surface area contributed by atoms with Crippen molar-refractivity contribution in [1.82, 2.24) is 4.98 Å². The van der Waals surface area contributed by atoms with Crippen molar-refractivity contribution in [1.29, 1.82) is 0 Å². The van der Waals surface area contributed by atoms with Gasteiger partial charge in [-0.1, -0.05) is 89.5 Å². The maximum Gasteiger partial charge on any atom is 0.132 e. The molecule has 3 heteroatoms. The summed E-state index contributed by atoms with van der Waals surface area (Å²) in [4.78, 5) is 4.54. The summed E-state index contributed by atoms with van der Waals surface area (Å²) in [5, 5.41) is 0. The fourth-order valence-electron chi connectivity index (χ4n) is 4.22. The minimum atomic E-state index is -0.197. The van der Waals surface area contributed by atoms with E-state index in [9.17, 15) is 4.39 Å². The number of halogens is 1. The SMILES string of the molecule is CCCCCCCCCOc1ccc(-c2ccc(-c3ccc(CCCCC)cc3F)nc2)cc1. The summed E-state index contributed by atoms with van der Waals surface area (Å²) in [6.07, 6.45) is 15.2. The topological polar surface area (TPSA) is 22.1 Å². The summed E-state index contributed by atoms with van der Waals surface area (Å²) >= 11 is 0. The van der Waals surface area contributed by atoms with Crippen molar-refractivity contribution in [3.05, 3.63) is 72.2 Å². The van der Waals surface area contributed by atoms with Crippen LogP contribution in [0.2, 0.25) is 0 Å². The maximum atomic E-state index is 14.7. The van der Waals surface area contributed by atoms with E-state index in [-0.39, 0.29) is 5.82 Å². The van der Waals surface area contributed by atoms with Crippen LogP contribution in [0, 0.1) is 5.82 Å². The van der Waals surface area contributed by atoms with Crippen molar-refractivity contribution in [2.75, 3.05) is 6.61 Å². The Balaban J connectivity index is 1.50. The van der Waals surface area contributed by atoms with Crippen LogP contribution in [0.3, 0.4) is 0 Å². The predicted molar refractivity (Wildman–Crippen MR) is 142 cm³/mol. The molecule has 0 aliphatic heterocycles. The van der Waals surface area contributed by atoms with Crippen LogP contribution in [0.15, 0.2) is 60.8 Å². The van der Waals surface area contributed by atoms with Gasteiger partial charge in [0.25, 0.3) is 0 Å². The minimum absolute atomic E-state index is 0.197. The first-order chi connectivity index (χ1) is 16.7. The van der Waals surface area contributed by atoms with Crippen molar-refractivity contribution < 1.29 is 9.13 Å². The summed E-state index contributed by atoms with van der Waals surface area (Å²) in [7, 11) is 0. The third-order valence-corrected chi connectivity index (χ3v) is 6.35. The van der Waals surface area contributed by atoms with Crippen LogP contribution in [0.1, 0.15) is 83.6 Å². The van der Waals surface area contributed by atoms with E-state index < -0.39 is 0 Å². The molecule has 1 aromatic heterocycles. The highest BCUT2D eigenvalue weighted by Crippen LogP contribution is 2.27. The summed E-state index contributed by atoms with van der Waals surface area (Å²) in [6, 6.07) is 17.6. The first-order valence-corrected chi connectivity index (χ1v) is 13.2. The molecule has 0 aliphatic carbocycles.